The van der Waals surface area contributed by atoms with Crippen LogP contribution in [-0.2, 0) is 18.8 Å². The summed E-state index contributed by atoms with van der Waals surface area (Å²) in [7, 11) is -2.81. The fraction of sp³-hybridized carbons (Fsp3) is 0.278. The SMILES string of the molecule is C[C@H]1[C@@H](OC(=O)c2ccccc2)[C@H](n2cnc3c(N(C(=O)c4ccccc4)C(=O)c4ccccc4)ncnc32)O[C@@H]1COC(CO)P(C)(C)=O. The first kappa shape index (κ1) is 34.8. The zero-order valence-electron chi connectivity index (χ0n) is 27.6. The summed E-state index contributed by atoms with van der Waals surface area (Å²) in [6.45, 7) is 4.41. The number of aromatic nitrogens is 4. The third-order valence-electron chi connectivity index (χ3n) is 8.53. The molecule has 5 aromatic rings. The van der Waals surface area contributed by atoms with Crippen molar-refractivity contribution in [2.45, 2.75) is 31.2 Å². The van der Waals surface area contributed by atoms with Gasteiger partial charge in [0.1, 0.15) is 19.3 Å². The molecule has 1 aliphatic heterocycles. The standard InChI is InChI=1S/C36H36N5O8P/c1-23-27(20-47-28(19-42)50(2,3)46)48-35(30(23)49-36(45)26-17-11-6-12-18-26)40-22-39-29-31(40)37-21-38-32(29)41(33(43)24-13-7-4-8-14-24)34(44)25-15-9-5-10-16-25/h4-18,21-23,27-28,30,35,42H,19-20H2,1-3H3/t23-,27-,28?,30-,35-/m1/s1. The maximum Gasteiger partial charge on any atom is 0.338 e. The fourth-order valence-electron chi connectivity index (χ4n) is 5.73. The zero-order valence-corrected chi connectivity index (χ0v) is 28.5. The third-order valence-corrected chi connectivity index (χ3v) is 10.2. The van der Waals surface area contributed by atoms with Crippen LogP contribution in [0.5, 0.6) is 0 Å². The lowest BCUT2D eigenvalue weighted by molar-refractivity contribution is -0.0727. The lowest BCUT2D eigenvalue weighted by atomic mass is 10.0. The quantitative estimate of drug-likeness (QED) is 0.112. The number of ether oxygens (including phenoxy) is 3. The van der Waals surface area contributed by atoms with Gasteiger partial charge in [-0.3, -0.25) is 14.2 Å². The molecule has 6 rings (SSSR count). The molecule has 14 heteroatoms. The Labute approximate surface area is 288 Å². The minimum absolute atomic E-state index is 0.0485. The highest BCUT2D eigenvalue weighted by atomic mass is 31.2. The average molecular weight is 698 g/mol. The summed E-state index contributed by atoms with van der Waals surface area (Å²) in [6, 6.07) is 25.2. The first-order valence-electron chi connectivity index (χ1n) is 15.9. The molecule has 50 heavy (non-hydrogen) atoms. The van der Waals surface area contributed by atoms with Crippen molar-refractivity contribution in [3.05, 3.63) is 120 Å². The van der Waals surface area contributed by atoms with Gasteiger partial charge in [-0.2, -0.15) is 0 Å². The van der Waals surface area contributed by atoms with Crippen LogP contribution in [0.3, 0.4) is 0 Å². The lowest BCUT2D eigenvalue weighted by Crippen LogP contribution is -2.38. The van der Waals surface area contributed by atoms with Gasteiger partial charge in [0.2, 0.25) is 0 Å². The summed E-state index contributed by atoms with van der Waals surface area (Å²) in [5.41, 5.74) is 1.20. The minimum atomic E-state index is -2.81. The molecule has 0 bridgehead atoms. The van der Waals surface area contributed by atoms with Gasteiger partial charge in [-0.25, -0.2) is 24.6 Å². The van der Waals surface area contributed by atoms with Gasteiger partial charge in [0, 0.05) is 17.0 Å². The highest BCUT2D eigenvalue weighted by molar-refractivity contribution is 7.62. The number of carbonyl (C=O) groups excluding carboxylic acids is 3. The number of nitrogens with zero attached hydrogens (tertiary/aromatic N) is 5. The van der Waals surface area contributed by atoms with Crippen molar-refractivity contribution < 1.29 is 38.3 Å². The molecular formula is C36H36N5O8P. The number of carbonyl (C=O) groups is 3. The second kappa shape index (κ2) is 14.8. The van der Waals surface area contributed by atoms with Crippen LogP contribution in [0.1, 0.15) is 44.2 Å². The van der Waals surface area contributed by atoms with E-state index in [9.17, 15) is 24.1 Å². The molecule has 2 amide bonds. The molecule has 0 spiro atoms. The Kier molecular flexibility index (Phi) is 10.3. The molecule has 3 aromatic carbocycles. The molecule has 2 aromatic heterocycles. The molecule has 0 aliphatic carbocycles. The molecule has 1 saturated heterocycles. The normalized spacial score (nSPS) is 19.6. The van der Waals surface area contributed by atoms with Gasteiger partial charge in [0.05, 0.1) is 31.2 Å². The summed E-state index contributed by atoms with van der Waals surface area (Å²) in [5, 5.41) is 9.83. The van der Waals surface area contributed by atoms with Gasteiger partial charge in [0.25, 0.3) is 11.8 Å². The molecule has 1 unspecified atom stereocenters. The van der Waals surface area contributed by atoms with Gasteiger partial charge in [-0.05, 0) is 49.7 Å². The van der Waals surface area contributed by atoms with E-state index in [2.05, 4.69) is 15.0 Å². The molecule has 1 aliphatic rings. The van der Waals surface area contributed by atoms with E-state index in [-0.39, 0.29) is 34.7 Å². The summed E-state index contributed by atoms with van der Waals surface area (Å²) < 4.78 is 32.6. The summed E-state index contributed by atoms with van der Waals surface area (Å²) in [4.78, 5) is 55.6. The van der Waals surface area contributed by atoms with E-state index in [1.165, 1.54) is 26.0 Å². The van der Waals surface area contributed by atoms with Crippen LogP contribution in [0, 0.1) is 5.92 Å². The first-order valence-corrected chi connectivity index (χ1v) is 18.6. The predicted molar refractivity (Wildman–Crippen MR) is 184 cm³/mol. The second-order valence-corrected chi connectivity index (χ2v) is 15.7. The largest absolute Gasteiger partial charge is 0.454 e. The van der Waals surface area contributed by atoms with Gasteiger partial charge in [-0.1, -0.05) is 61.5 Å². The molecule has 13 nitrogen and oxygen atoms in total. The van der Waals surface area contributed by atoms with Crippen molar-refractivity contribution in [3.8, 4) is 0 Å². The molecule has 5 atom stereocenters. The second-order valence-electron chi connectivity index (χ2n) is 12.3. The van der Waals surface area contributed by atoms with Gasteiger partial charge in [0.15, 0.2) is 29.3 Å². The number of imide groups is 1. The Morgan fingerprint density at radius 2 is 1.44 bits per heavy atom. The van der Waals surface area contributed by atoms with E-state index in [4.69, 9.17) is 14.2 Å². The van der Waals surface area contributed by atoms with Crippen molar-refractivity contribution >= 4 is 41.9 Å². The topological polar surface area (TPSA) is 163 Å². The van der Waals surface area contributed by atoms with E-state index < -0.39 is 61.7 Å². The Bertz CT molecular complexity index is 1970. The number of fused-ring (bicyclic) bond motifs is 1. The summed E-state index contributed by atoms with van der Waals surface area (Å²) in [6.07, 6.45) is 0.111. The summed E-state index contributed by atoms with van der Waals surface area (Å²) >= 11 is 0. The van der Waals surface area contributed by atoms with E-state index >= 15 is 0 Å². The first-order chi connectivity index (χ1) is 24.1. The van der Waals surface area contributed by atoms with E-state index in [0.717, 1.165) is 4.90 Å². The highest BCUT2D eigenvalue weighted by Gasteiger charge is 2.47. The molecule has 3 heterocycles. The number of hydrogen-bond donors (Lipinski definition) is 1. The molecule has 258 valence electrons. The molecule has 0 saturated carbocycles. The monoisotopic (exact) mass is 697 g/mol. The number of amides is 2. The number of aliphatic hydroxyl groups excluding tert-OH is 1. The van der Waals surface area contributed by atoms with Crippen LogP contribution in [0.2, 0.25) is 0 Å². The fourth-order valence-corrected chi connectivity index (χ4v) is 6.56. The number of esters is 1. The Morgan fingerprint density at radius 3 is 1.98 bits per heavy atom. The van der Waals surface area contributed by atoms with Crippen LogP contribution in [0.4, 0.5) is 5.82 Å². The zero-order chi connectivity index (χ0) is 35.4. The van der Waals surface area contributed by atoms with Crippen molar-refractivity contribution in [2.24, 2.45) is 5.92 Å². The van der Waals surface area contributed by atoms with Crippen LogP contribution in [0.15, 0.2) is 104 Å². The van der Waals surface area contributed by atoms with E-state index in [1.54, 1.807) is 95.6 Å². The minimum Gasteiger partial charge on any atom is -0.454 e. The molecule has 1 N–H and O–H groups in total. The average Bonchev–Trinajstić information content (AvgIpc) is 3.70. The van der Waals surface area contributed by atoms with Crippen LogP contribution in [-0.4, -0.2) is 87.0 Å². The third kappa shape index (κ3) is 7.12. The molecule has 0 radical (unpaired) electrons. The van der Waals surface area contributed by atoms with Crippen molar-refractivity contribution in [3.63, 3.8) is 0 Å². The van der Waals surface area contributed by atoms with E-state index in [0.29, 0.717) is 5.56 Å². The van der Waals surface area contributed by atoms with Gasteiger partial charge < -0.3 is 23.9 Å². The number of hydrogen-bond acceptors (Lipinski definition) is 11. The number of rotatable bonds is 11. The van der Waals surface area contributed by atoms with Crippen LogP contribution < -0.4 is 4.90 Å². The number of imidazole rings is 1. The number of anilines is 1. The van der Waals surface area contributed by atoms with Crippen LogP contribution >= 0.6 is 7.14 Å². The van der Waals surface area contributed by atoms with Gasteiger partial charge in [-0.15, -0.1) is 0 Å². The van der Waals surface area contributed by atoms with Gasteiger partial charge >= 0.3 is 5.97 Å². The maximum atomic E-state index is 14.0. The highest BCUT2D eigenvalue weighted by Crippen LogP contribution is 2.44. The molecule has 1 fully saturated rings. The Balaban J connectivity index is 1.40. The summed E-state index contributed by atoms with van der Waals surface area (Å²) in [5.74, 6) is -3.21. The number of aliphatic hydroxyl groups is 1. The van der Waals surface area contributed by atoms with Crippen LogP contribution in [0.25, 0.3) is 11.2 Å². The Morgan fingerprint density at radius 1 is 0.880 bits per heavy atom. The van der Waals surface area contributed by atoms with Crippen molar-refractivity contribution in [2.75, 3.05) is 31.4 Å². The predicted octanol–water partition coefficient (Wildman–Crippen LogP) is 5.03. The smallest absolute Gasteiger partial charge is 0.338 e. The van der Waals surface area contributed by atoms with Crippen molar-refractivity contribution in [1.82, 2.24) is 19.5 Å². The maximum absolute atomic E-state index is 14.0. The lowest BCUT2D eigenvalue weighted by Gasteiger charge is -2.23. The number of benzene rings is 3. The van der Waals surface area contributed by atoms with E-state index in [1.807, 2.05) is 6.92 Å². The van der Waals surface area contributed by atoms with Crippen molar-refractivity contribution in [1.29, 1.82) is 0 Å². The molecular weight excluding hydrogens is 661 g/mol. The Hall–Kier alpha value is -5.07.